The van der Waals surface area contributed by atoms with E-state index in [4.69, 9.17) is 10.2 Å². The Bertz CT molecular complexity index is 499. The van der Waals surface area contributed by atoms with Crippen LogP contribution in [0.4, 0.5) is 0 Å². The highest BCUT2D eigenvalue weighted by Gasteiger charge is 2.34. The van der Waals surface area contributed by atoms with Crippen molar-refractivity contribution in [3.63, 3.8) is 0 Å². The first-order valence-corrected chi connectivity index (χ1v) is 5.49. The van der Waals surface area contributed by atoms with Gasteiger partial charge >= 0.3 is 5.97 Å². The summed E-state index contributed by atoms with van der Waals surface area (Å²) in [6.45, 7) is 0.295. The van der Waals surface area contributed by atoms with Crippen LogP contribution in [0.1, 0.15) is 12.0 Å². The number of likely N-dealkylation sites (tertiary alicyclic amines) is 1. The van der Waals surface area contributed by atoms with E-state index in [0.29, 0.717) is 5.56 Å². The molecular weight excluding hydrogens is 238 g/mol. The SMILES string of the molecule is O=C(O)C1CC(=O)N(Cc2ccc(O)cc2O)C1. The number of phenolic OH excluding ortho intramolecular Hbond substituents is 2. The van der Waals surface area contributed by atoms with Gasteiger partial charge in [0.05, 0.1) is 5.92 Å². The highest BCUT2D eigenvalue weighted by molar-refractivity contribution is 5.86. The average Bonchev–Trinajstić information content (AvgIpc) is 2.64. The molecular formula is C12H13NO5. The predicted molar refractivity (Wildman–Crippen MR) is 60.9 cm³/mol. The zero-order chi connectivity index (χ0) is 13.3. The number of aromatic hydroxyl groups is 2. The molecule has 1 unspecified atom stereocenters. The lowest BCUT2D eigenvalue weighted by molar-refractivity contribution is -0.141. The van der Waals surface area contributed by atoms with Crippen molar-refractivity contribution >= 4 is 11.9 Å². The van der Waals surface area contributed by atoms with Crippen LogP contribution in [0.5, 0.6) is 11.5 Å². The Morgan fingerprint density at radius 1 is 1.39 bits per heavy atom. The average molecular weight is 251 g/mol. The van der Waals surface area contributed by atoms with Gasteiger partial charge in [-0.2, -0.15) is 0 Å². The Morgan fingerprint density at radius 2 is 2.11 bits per heavy atom. The zero-order valence-electron chi connectivity index (χ0n) is 9.54. The topological polar surface area (TPSA) is 98.1 Å². The molecule has 3 N–H and O–H groups in total. The number of carboxylic acid groups (broad SMARTS) is 1. The molecule has 1 atom stereocenters. The third-order valence-corrected chi connectivity index (χ3v) is 2.99. The van der Waals surface area contributed by atoms with Crippen molar-refractivity contribution < 1.29 is 24.9 Å². The van der Waals surface area contributed by atoms with Gasteiger partial charge in [-0.15, -0.1) is 0 Å². The summed E-state index contributed by atoms with van der Waals surface area (Å²) in [5.74, 6) is -2.08. The number of nitrogens with zero attached hydrogens (tertiary/aromatic N) is 1. The van der Waals surface area contributed by atoms with Crippen LogP contribution in [-0.2, 0) is 16.1 Å². The molecule has 96 valence electrons. The molecule has 1 amide bonds. The Morgan fingerprint density at radius 3 is 2.67 bits per heavy atom. The van der Waals surface area contributed by atoms with Gasteiger partial charge in [-0.25, -0.2) is 0 Å². The van der Waals surface area contributed by atoms with Gasteiger partial charge in [0.25, 0.3) is 0 Å². The third kappa shape index (κ3) is 2.37. The van der Waals surface area contributed by atoms with E-state index in [1.165, 1.54) is 23.1 Å². The van der Waals surface area contributed by atoms with Gasteiger partial charge in [0.1, 0.15) is 11.5 Å². The van der Waals surface area contributed by atoms with Crippen molar-refractivity contribution in [2.45, 2.75) is 13.0 Å². The van der Waals surface area contributed by atoms with Crippen LogP contribution in [0.2, 0.25) is 0 Å². The first-order chi connectivity index (χ1) is 8.47. The van der Waals surface area contributed by atoms with Crippen LogP contribution in [0.3, 0.4) is 0 Å². The molecule has 18 heavy (non-hydrogen) atoms. The first-order valence-electron chi connectivity index (χ1n) is 5.49. The molecule has 0 aromatic heterocycles. The lowest BCUT2D eigenvalue weighted by Gasteiger charge is -2.16. The molecule has 1 aromatic carbocycles. The minimum absolute atomic E-state index is 0.00577. The number of amides is 1. The largest absolute Gasteiger partial charge is 0.508 e. The molecule has 0 saturated carbocycles. The molecule has 1 aliphatic heterocycles. The van der Waals surface area contributed by atoms with Gasteiger partial charge in [0.15, 0.2) is 0 Å². The van der Waals surface area contributed by atoms with Crippen molar-refractivity contribution in [1.82, 2.24) is 4.90 Å². The van der Waals surface area contributed by atoms with E-state index in [1.807, 2.05) is 0 Å². The van der Waals surface area contributed by atoms with Crippen LogP contribution in [0.15, 0.2) is 18.2 Å². The molecule has 1 saturated heterocycles. The van der Waals surface area contributed by atoms with Crippen molar-refractivity contribution in [3.8, 4) is 11.5 Å². The molecule has 6 heteroatoms. The number of rotatable bonds is 3. The van der Waals surface area contributed by atoms with Crippen LogP contribution < -0.4 is 0 Å². The second kappa shape index (κ2) is 4.56. The number of carbonyl (C=O) groups is 2. The van der Waals surface area contributed by atoms with Crippen molar-refractivity contribution in [2.75, 3.05) is 6.54 Å². The molecule has 0 bridgehead atoms. The number of benzene rings is 1. The van der Waals surface area contributed by atoms with E-state index >= 15 is 0 Å². The summed E-state index contributed by atoms with van der Waals surface area (Å²) in [5, 5.41) is 27.6. The molecule has 2 rings (SSSR count). The molecule has 1 fully saturated rings. The second-order valence-corrected chi connectivity index (χ2v) is 4.33. The highest BCUT2D eigenvalue weighted by Crippen LogP contribution is 2.26. The maximum atomic E-state index is 11.6. The Hall–Kier alpha value is -2.24. The van der Waals surface area contributed by atoms with Crippen LogP contribution >= 0.6 is 0 Å². The van der Waals surface area contributed by atoms with E-state index < -0.39 is 11.9 Å². The van der Waals surface area contributed by atoms with Crippen molar-refractivity contribution in [2.24, 2.45) is 5.92 Å². The minimum Gasteiger partial charge on any atom is -0.508 e. The number of phenols is 2. The molecule has 1 aliphatic rings. The maximum Gasteiger partial charge on any atom is 0.308 e. The smallest absolute Gasteiger partial charge is 0.308 e. The Labute approximate surface area is 103 Å². The summed E-state index contributed by atoms with van der Waals surface area (Å²) in [4.78, 5) is 23.8. The van der Waals surface area contributed by atoms with Gasteiger partial charge in [-0.05, 0) is 12.1 Å². The van der Waals surface area contributed by atoms with Crippen LogP contribution in [0.25, 0.3) is 0 Å². The molecule has 1 aromatic rings. The molecule has 0 aliphatic carbocycles. The third-order valence-electron chi connectivity index (χ3n) is 2.99. The monoisotopic (exact) mass is 251 g/mol. The van der Waals surface area contributed by atoms with E-state index in [-0.39, 0.29) is 36.9 Å². The van der Waals surface area contributed by atoms with Gasteiger partial charge in [0.2, 0.25) is 5.91 Å². The van der Waals surface area contributed by atoms with Crippen LogP contribution in [-0.4, -0.2) is 38.6 Å². The minimum atomic E-state index is -0.985. The van der Waals surface area contributed by atoms with Crippen LogP contribution in [0, 0.1) is 5.92 Å². The zero-order valence-corrected chi connectivity index (χ0v) is 9.54. The van der Waals surface area contributed by atoms with E-state index in [0.717, 1.165) is 0 Å². The fraction of sp³-hybridized carbons (Fsp3) is 0.333. The number of hydrogen-bond acceptors (Lipinski definition) is 4. The van der Waals surface area contributed by atoms with Gasteiger partial charge in [0, 0.05) is 31.1 Å². The summed E-state index contributed by atoms with van der Waals surface area (Å²) in [6, 6.07) is 4.10. The predicted octanol–water partition coefficient (Wildman–Crippen LogP) is 0.531. The number of carbonyl (C=O) groups excluding carboxylic acids is 1. The quantitative estimate of drug-likeness (QED) is 0.728. The standard InChI is InChI=1S/C12H13NO5/c14-9-2-1-7(10(15)4-9)5-13-6-8(12(17)18)3-11(13)16/h1-2,4,8,14-15H,3,5-6H2,(H,17,18). The normalized spacial score (nSPS) is 19.2. The summed E-state index contributed by atoms with van der Waals surface area (Å²) >= 11 is 0. The fourth-order valence-corrected chi connectivity index (χ4v) is 1.98. The maximum absolute atomic E-state index is 11.6. The fourth-order valence-electron chi connectivity index (χ4n) is 1.98. The molecule has 0 spiro atoms. The Kier molecular flexibility index (Phi) is 3.10. The number of aliphatic carboxylic acids is 1. The van der Waals surface area contributed by atoms with Crippen molar-refractivity contribution in [3.05, 3.63) is 23.8 Å². The lowest BCUT2D eigenvalue weighted by Crippen LogP contribution is -2.25. The molecule has 6 nitrogen and oxygen atoms in total. The van der Waals surface area contributed by atoms with E-state index in [1.54, 1.807) is 0 Å². The highest BCUT2D eigenvalue weighted by atomic mass is 16.4. The first kappa shape index (κ1) is 12.2. The number of carboxylic acids is 1. The second-order valence-electron chi connectivity index (χ2n) is 4.33. The van der Waals surface area contributed by atoms with E-state index in [9.17, 15) is 14.7 Å². The summed E-state index contributed by atoms with van der Waals surface area (Å²) in [5.41, 5.74) is 0.479. The van der Waals surface area contributed by atoms with Gasteiger partial charge < -0.3 is 20.2 Å². The lowest BCUT2D eigenvalue weighted by atomic mass is 10.1. The Balaban J connectivity index is 2.10. The van der Waals surface area contributed by atoms with Crippen molar-refractivity contribution in [1.29, 1.82) is 0 Å². The summed E-state index contributed by atoms with van der Waals surface area (Å²) in [7, 11) is 0. The van der Waals surface area contributed by atoms with E-state index in [2.05, 4.69) is 0 Å². The van der Waals surface area contributed by atoms with Gasteiger partial charge in [-0.1, -0.05) is 0 Å². The van der Waals surface area contributed by atoms with Gasteiger partial charge in [-0.3, -0.25) is 9.59 Å². The number of hydrogen-bond donors (Lipinski definition) is 3. The summed E-state index contributed by atoms with van der Waals surface area (Å²) < 4.78 is 0. The molecule has 0 radical (unpaired) electrons. The summed E-state index contributed by atoms with van der Waals surface area (Å²) in [6.07, 6.45) is -0.00577. The molecule has 1 heterocycles.